The first-order chi connectivity index (χ1) is 16.4. The molecule has 2 heterocycles. The Morgan fingerprint density at radius 2 is 2.00 bits per heavy atom. The lowest BCUT2D eigenvalue weighted by atomic mass is 10.1. The third kappa shape index (κ3) is 4.20. The molecule has 0 spiro atoms. The molecule has 2 aliphatic rings. The Bertz CT molecular complexity index is 1270. The topological polar surface area (TPSA) is 71.5 Å². The predicted molar refractivity (Wildman–Crippen MR) is 134 cm³/mol. The van der Waals surface area contributed by atoms with Gasteiger partial charge in [-0.15, -0.1) is 11.3 Å². The average Bonchev–Trinajstić information content (AvgIpc) is 3.33. The summed E-state index contributed by atoms with van der Waals surface area (Å²) in [5.41, 5.74) is 4.19. The first kappa shape index (κ1) is 22.6. The molecule has 0 radical (unpaired) electrons. The van der Waals surface area contributed by atoms with Gasteiger partial charge in [0.2, 0.25) is 0 Å². The lowest BCUT2D eigenvalue weighted by molar-refractivity contribution is 0.0690. The van der Waals surface area contributed by atoms with Crippen LogP contribution in [0.25, 0.3) is 10.4 Å². The third-order valence-electron chi connectivity index (χ3n) is 6.93. The van der Waals surface area contributed by atoms with E-state index in [1.807, 2.05) is 36.9 Å². The Labute approximate surface area is 204 Å². The van der Waals surface area contributed by atoms with Crippen molar-refractivity contribution in [3.8, 4) is 16.2 Å². The normalized spacial score (nSPS) is 20.7. The molecule has 1 aromatic heterocycles. The van der Waals surface area contributed by atoms with E-state index in [9.17, 15) is 9.59 Å². The maximum Gasteiger partial charge on any atom is 0.274 e. The molecule has 6 nitrogen and oxygen atoms in total. The Morgan fingerprint density at radius 3 is 2.74 bits per heavy atom. The Balaban J connectivity index is 1.34. The molecule has 1 N–H and O–H groups in total. The summed E-state index contributed by atoms with van der Waals surface area (Å²) in [5.74, 6) is 1.54. The molecule has 5 rings (SSSR count). The number of hydrogen-bond donors (Lipinski definition) is 1. The Hall–Kier alpha value is -3.19. The fraction of sp³-hybridized carbons (Fsp3) is 0.370. The maximum atomic E-state index is 13.7. The zero-order chi connectivity index (χ0) is 24.0. The van der Waals surface area contributed by atoms with Crippen LogP contribution in [0.5, 0.6) is 5.75 Å². The zero-order valence-corrected chi connectivity index (χ0v) is 20.7. The van der Waals surface area contributed by atoms with Crippen LogP contribution in [0.3, 0.4) is 0 Å². The van der Waals surface area contributed by atoms with E-state index < -0.39 is 0 Å². The number of aromatic nitrogens is 1. The van der Waals surface area contributed by atoms with Crippen molar-refractivity contribution in [1.29, 1.82) is 0 Å². The van der Waals surface area contributed by atoms with Gasteiger partial charge in [0.15, 0.2) is 0 Å². The second kappa shape index (κ2) is 8.87. The summed E-state index contributed by atoms with van der Waals surface area (Å²) in [6.07, 6.45) is 1.12. The number of nitrogens with zero attached hydrogens (tertiary/aromatic N) is 2. The summed E-state index contributed by atoms with van der Waals surface area (Å²) in [4.78, 5) is 34.1. The molecule has 2 fully saturated rings. The fourth-order valence-electron chi connectivity index (χ4n) is 5.07. The van der Waals surface area contributed by atoms with Crippen LogP contribution in [0.2, 0.25) is 0 Å². The molecule has 7 heteroatoms. The number of thiazole rings is 1. The van der Waals surface area contributed by atoms with Crippen molar-refractivity contribution < 1.29 is 14.3 Å². The van der Waals surface area contributed by atoms with Crippen LogP contribution in [-0.2, 0) is 0 Å². The standard InChI is InChI=1S/C27H29N3O3S/c1-15-6-5-7-18(10-15)25-24(29-17(3)34-25)27(32)30-14-19-12-22(19)23(30)13-28-26(31)21-9-8-20(33-4)11-16(21)2/h5-11,19,22-23H,12-14H2,1-4H3,(H,28,31)/t19-,22?,23-/m1/s1. The second-order valence-corrected chi connectivity index (χ2v) is 10.6. The highest BCUT2D eigenvalue weighted by Crippen LogP contribution is 2.50. The Kier molecular flexibility index (Phi) is 5.90. The quantitative estimate of drug-likeness (QED) is 0.564. The summed E-state index contributed by atoms with van der Waals surface area (Å²) < 4.78 is 5.24. The van der Waals surface area contributed by atoms with Gasteiger partial charge in [-0.3, -0.25) is 9.59 Å². The summed E-state index contributed by atoms with van der Waals surface area (Å²) in [6.45, 7) is 7.07. The van der Waals surface area contributed by atoms with Gasteiger partial charge in [-0.2, -0.15) is 0 Å². The van der Waals surface area contributed by atoms with Gasteiger partial charge >= 0.3 is 0 Å². The van der Waals surface area contributed by atoms with Crippen LogP contribution in [0, 0.1) is 32.6 Å². The largest absolute Gasteiger partial charge is 0.497 e. The van der Waals surface area contributed by atoms with Crippen molar-refractivity contribution in [1.82, 2.24) is 15.2 Å². The van der Waals surface area contributed by atoms with E-state index in [2.05, 4.69) is 29.4 Å². The van der Waals surface area contributed by atoms with Crippen molar-refractivity contribution in [2.24, 2.45) is 11.8 Å². The molecule has 3 atom stereocenters. The molecule has 1 aliphatic carbocycles. The maximum absolute atomic E-state index is 13.7. The first-order valence-electron chi connectivity index (χ1n) is 11.6. The summed E-state index contributed by atoms with van der Waals surface area (Å²) in [7, 11) is 1.61. The zero-order valence-electron chi connectivity index (χ0n) is 19.9. The minimum atomic E-state index is -0.124. The molecule has 2 amide bonds. The van der Waals surface area contributed by atoms with E-state index in [0.717, 1.165) is 45.3 Å². The van der Waals surface area contributed by atoms with E-state index in [1.165, 1.54) is 0 Å². The number of rotatable bonds is 6. The number of methoxy groups -OCH3 is 1. The van der Waals surface area contributed by atoms with Gasteiger partial charge < -0.3 is 15.0 Å². The number of ether oxygens (including phenoxy) is 1. The van der Waals surface area contributed by atoms with E-state index in [4.69, 9.17) is 4.74 Å². The van der Waals surface area contributed by atoms with Crippen LogP contribution in [0.4, 0.5) is 0 Å². The monoisotopic (exact) mass is 475 g/mol. The number of piperidine rings is 1. The lowest BCUT2D eigenvalue weighted by Gasteiger charge is -2.27. The highest BCUT2D eigenvalue weighted by atomic mass is 32.1. The van der Waals surface area contributed by atoms with Crippen LogP contribution in [0.1, 0.15) is 43.4 Å². The first-order valence-corrected chi connectivity index (χ1v) is 12.5. The smallest absolute Gasteiger partial charge is 0.274 e. The van der Waals surface area contributed by atoms with Crippen molar-refractivity contribution in [2.75, 3.05) is 20.2 Å². The summed E-state index contributed by atoms with van der Waals surface area (Å²) in [5, 5.41) is 3.96. The molecular weight excluding hydrogens is 446 g/mol. The van der Waals surface area contributed by atoms with Crippen molar-refractivity contribution in [2.45, 2.75) is 33.2 Å². The highest BCUT2D eigenvalue weighted by molar-refractivity contribution is 7.15. The van der Waals surface area contributed by atoms with E-state index in [0.29, 0.717) is 29.6 Å². The molecule has 176 valence electrons. The van der Waals surface area contributed by atoms with Gasteiger partial charge in [0, 0.05) is 18.7 Å². The van der Waals surface area contributed by atoms with E-state index in [-0.39, 0.29) is 17.9 Å². The average molecular weight is 476 g/mol. The number of amides is 2. The summed E-state index contributed by atoms with van der Waals surface area (Å²) in [6, 6.07) is 13.6. The van der Waals surface area contributed by atoms with Crippen LogP contribution < -0.4 is 10.1 Å². The molecule has 3 aromatic rings. The third-order valence-corrected chi connectivity index (χ3v) is 7.95. The molecule has 0 bridgehead atoms. The lowest BCUT2D eigenvalue weighted by Crippen LogP contribution is -2.45. The van der Waals surface area contributed by atoms with Crippen molar-refractivity contribution in [3.05, 3.63) is 69.9 Å². The molecule has 1 saturated carbocycles. The summed E-state index contributed by atoms with van der Waals surface area (Å²) >= 11 is 1.56. The number of carbonyl (C=O) groups excluding carboxylic acids is 2. The van der Waals surface area contributed by atoms with Gasteiger partial charge in [0.1, 0.15) is 11.4 Å². The van der Waals surface area contributed by atoms with E-state index in [1.54, 1.807) is 30.6 Å². The molecule has 1 aliphatic heterocycles. The highest BCUT2D eigenvalue weighted by Gasteiger charge is 2.54. The second-order valence-electron chi connectivity index (χ2n) is 9.36. The number of nitrogens with one attached hydrogen (secondary N) is 1. The van der Waals surface area contributed by atoms with Crippen molar-refractivity contribution >= 4 is 23.2 Å². The van der Waals surface area contributed by atoms with Gasteiger partial charge in [-0.1, -0.05) is 29.8 Å². The van der Waals surface area contributed by atoms with Crippen LogP contribution in [-0.4, -0.2) is 47.9 Å². The van der Waals surface area contributed by atoms with E-state index >= 15 is 0 Å². The van der Waals surface area contributed by atoms with Gasteiger partial charge in [0.05, 0.1) is 23.0 Å². The van der Waals surface area contributed by atoms with Crippen LogP contribution in [0.15, 0.2) is 42.5 Å². The SMILES string of the molecule is COc1ccc(C(=O)NC[C@@H]2C3C[C@@H]3CN2C(=O)c2nc(C)sc2-c2cccc(C)c2)c(C)c1. The molecule has 34 heavy (non-hydrogen) atoms. The van der Waals surface area contributed by atoms with Crippen molar-refractivity contribution in [3.63, 3.8) is 0 Å². The molecule has 1 unspecified atom stereocenters. The number of hydrogen-bond acceptors (Lipinski definition) is 5. The number of aryl methyl sites for hydroxylation is 3. The molecular formula is C27H29N3O3S. The number of carbonyl (C=O) groups is 2. The predicted octanol–water partition coefficient (Wildman–Crippen LogP) is 4.63. The number of likely N-dealkylation sites (tertiary alicyclic amines) is 1. The number of fused-ring (bicyclic) bond motifs is 1. The fourth-order valence-corrected chi connectivity index (χ4v) is 5.97. The Morgan fingerprint density at radius 1 is 1.18 bits per heavy atom. The number of benzene rings is 2. The van der Waals surface area contributed by atoms with Gasteiger partial charge in [0.25, 0.3) is 11.8 Å². The van der Waals surface area contributed by atoms with Gasteiger partial charge in [-0.05, 0) is 68.4 Å². The van der Waals surface area contributed by atoms with Crippen LogP contribution >= 0.6 is 11.3 Å². The minimum absolute atomic E-state index is 0.00706. The molecule has 1 saturated heterocycles. The minimum Gasteiger partial charge on any atom is -0.497 e. The van der Waals surface area contributed by atoms with Gasteiger partial charge in [-0.25, -0.2) is 4.98 Å². The molecule has 2 aromatic carbocycles.